The molecule has 0 bridgehead atoms. The molecule has 0 aliphatic carbocycles. The highest BCUT2D eigenvalue weighted by atomic mass is 16.4. The van der Waals surface area contributed by atoms with Crippen LogP contribution in [0.25, 0.3) is 0 Å². The molecule has 1 aliphatic rings. The van der Waals surface area contributed by atoms with Crippen molar-refractivity contribution in [2.45, 2.75) is 32.9 Å². The van der Waals surface area contributed by atoms with Gasteiger partial charge in [0.2, 0.25) is 5.91 Å². The van der Waals surface area contributed by atoms with Crippen LogP contribution in [0.15, 0.2) is 10.5 Å². The van der Waals surface area contributed by atoms with E-state index in [4.69, 9.17) is 9.52 Å². The van der Waals surface area contributed by atoms with Crippen LogP contribution in [0.5, 0.6) is 0 Å². The molecule has 2 rings (SSSR count). The van der Waals surface area contributed by atoms with Gasteiger partial charge in [-0.3, -0.25) is 9.69 Å². The summed E-state index contributed by atoms with van der Waals surface area (Å²) >= 11 is 0. The summed E-state index contributed by atoms with van der Waals surface area (Å²) in [6.45, 7) is 7.21. The Morgan fingerprint density at radius 3 is 2.65 bits per heavy atom. The van der Waals surface area contributed by atoms with Crippen molar-refractivity contribution in [2.24, 2.45) is 0 Å². The van der Waals surface area contributed by atoms with Crippen LogP contribution in [-0.2, 0) is 11.3 Å². The van der Waals surface area contributed by atoms with Crippen molar-refractivity contribution in [3.63, 3.8) is 0 Å². The van der Waals surface area contributed by atoms with Crippen molar-refractivity contribution < 1.29 is 19.1 Å². The maximum Gasteiger partial charge on any atom is 0.339 e. The van der Waals surface area contributed by atoms with Crippen LogP contribution in [0.3, 0.4) is 0 Å². The van der Waals surface area contributed by atoms with Gasteiger partial charge in [0.1, 0.15) is 17.1 Å². The van der Waals surface area contributed by atoms with E-state index < -0.39 is 11.5 Å². The lowest BCUT2D eigenvalue weighted by Gasteiger charge is -2.44. The quantitative estimate of drug-likeness (QED) is 0.904. The number of carboxylic acids is 1. The van der Waals surface area contributed by atoms with Gasteiger partial charge in [-0.1, -0.05) is 0 Å². The summed E-state index contributed by atoms with van der Waals surface area (Å²) in [4.78, 5) is 26.9. The Kier molecular flexibility index (Phi) is 3.60. The van der Waals surface area contributed by atoms with Crippen LogP contribution in [0.1, 0.15) is 35.7 Å². The van der Waals surface area contributed by atoms with E-state index in [1.807, 2.05) is 18.7 Å². The van der Waals surface area contributed by atoms with Gasteiger partial charge in [-0.05, 0) is 26.8 Å². The molecule has 1 aliphatic heterocycles. The van der Waals surface area contributed by atoms with Crippen LogP contribution in [-0.4, -0.2) is 52.5 Å². The van der Waals surface area contributed by atoms with Crippen molar-refractivity contribution in [3.8, 4) is 0 Å². The van der Waals surface area contributed by atoms with Crippen LogP contribution in [0.4, 0.5) is 0 Å². The average molecular weight is 280 g/mol. The summed E-state index contributed by atoms with van der Waals surface area (Å²) < 4.78 is 5.49. The minimum Gasteiger partial charge on any atom is -0.478 e. The molecule has 0 saturated carbocycles. The third-order valence-corrected chi connectivity index (χ3v) is 3.91. The first-order chi connectivity index (χ1) is 9.23. The smallest absolute Gasteiger partial charge is 0.339 e. The predicted molar refractivity (Wildman–Crippen MR) is 72.5 cm³/mol. The third-order valence-electron chi connectivity index (χ3n) is 3.91. The molecule has 110 valence electrons. The SMILES string of the molecule is Cc1oc(CN2CCN(C)C(=O)C2(C)C)cc1C(=O)O. The first-order valence-electron chi connectivity index (χ1n) is 6.56. The van der Waals surface area contributed by atoms with E-state index >= 15 is 0 Å². The summed E-state index contributed by atoms with van der Waals surface area (Å²) in [6.07, 6.45) is 0. The number of hydrogen-bond acceptors (Lipinski definition) is 4. The number of rotatable bonds is 3. The van der Waals surface area contributed by atoms with Crippen molar-refractivity contribution in [1.82, 2.24) is 9.80 Å². The lowest BCUT2D eigenvalue weighted by Crippen LogP contribution is -2.61. The molecular formula is C14H20N2O4. The van der Waals surface area contributed by atoms with Crippen LogP contribution >= 0.6 is 0 Å². The monoisotopic (exact) mass is 280 g/mol. The van der Waals surface area contributed by atoms with E-state index in [1.54, 1.807) is 18.9 Å². The number of carbonyl (C=O) groups is 2. The molecule has 20 heavy (non-hydrogen) atoms. The molecule has 6 heteroatoms. The van der Waals surface area contributed by atoms with Crippen LogP contribution in [0.2, 0.25) is 0 Å². The number of likely N-dealkylation sites (N-methyl/N-ethyl adjacent to an activating group) is 1. The minimum absolute atomic E-state index is 0.0606. The summed E-state index contributed by atoms with van der Waals surface area (Å²) in [6, 6.07) is 1.54. The van der Waals surface area contributed by atoms with Gasteiger partial charge in [0.05, 0.1) is 12.1 Å². The molecule has 0 aromatic carbocycles. The molecule has 6 nitrogen and oxygen atoms in total. The van der Waals surface area contributed by atoms with Gasteiger partial charge in [-0.25, -0.2) is 4.79 Å². The first-order valence-corrected chi connectivity index (χ1v) is 6.56. The van der Waals surface area contributed by atoms with Crippen molar-refractivity contribution in [2.75, 3.05) is 20.1 Å². The van der Waals surface area contributed by atoms with Crippen molar-refractivity contribution >= 4 is 11.9 Å². The number of carboxylic acid groups (broad SMARTS) is 1. The number of carbonyl (C=O) groups excluding carboxylic acids is 1. The second-order valence-electron chi connectivity index (χ2n) is 5.70. The maximum absolute atomic E-state index is 12.2. The van der Waals surface area contributed by atoms with Gasteiger partial charge >= 0.3 is 5.97 Å². The molecule has 1 amide bonds. The zero-order chi connectivity index (χ0) is 15.1. The second-order valence-corrected chi connectivity index (χ2v) is 5.70. The van der Waals surface area contributed by atoms with E-state index in [0.717, 1.165) is 6.54 Å². The summed E-state index contributed by atoms with van der Waals surface area (Å²) in [5, 5.41) is 9.03. The lowest BCUT2D eigenvalue weighted by molar-refractivity contribution is -0.147. The molecule has 1 N–H and O–H groups in total. The standard InChI is InChI=1S/C14H20N2O4/c1-9-11(12(17)18)7-10(20-9)8-16-6-5-15(4)13(19)14(16,2)3/h7H,5-6,8H2,1-4H3,(H,17,18). The Morgan fingerprint density at radius 2 is 2.10 bits per heavy atom. The van der Waals surface area contributed by atoms with Gasteiger partial charge in [-0.2, -0.15) is 0 Å². The fourth-order valence-corrected chi connectivity index (χ4v) is 2.55. The highest BCUT2D eigenvalue weighted by molar-refractivity contribution is 5.89. The second kappa shape index (κ2) is 4.94. The number of piperazine rings is 1. The minimum atomic E-state index is -0.994. The predicted octanol–water partition coefficient (Wildman–Crippen LogP) is 1.34. The fourth-order valence-electron chi connectivity index (χ4n) is 2.55. The summed E-state index contributed by atoms with van der Waals surface area (Å²) in [7, 11) is 1.79. The van der Waals surface area contributed by atoms with E-state index in [0.29, 0.717) is 24.6 Å². The Balaban J connectivity index is 2.19. The van der Waals surface area contributed by atoms with Gasteiger partial charge in [-0.15, -0.1) is 0 Å². The number of furan rings is 1. The molecule has 0 radical (unpaired) electrons. The molecule has 1 aromatic heterocycles. The highest BCUT2D eigenvalue weighted by Gasteiger charge is 2.40. The Bertz CT molecular complexity index is 547. The van der Waals surface area contributed by atoms with Crippen LogP contribution in [0, 0.1) is 6.92 Å². The Labute approximate surface area is 118 Å². The summed E-state index contributed by atoms with van der Waals surface area (Å²) in [5.41, 5.74) is -0.435. The molecule has 1 saturated heterocycles. The summed E-state index contributed by atoms with van der Waals surface area (Å²) in [5.74, 6) is 0.0350. The number of nitrogens with zero attached hydrogens (tertiary/aromatic N) is 2. The molecule has 0 atom stereocenters. The van der Waals surface area contributed by atoms with Gasteiger partial charge in [0.25, 0.3) is 0 Å². The number of aryl methyl sites for hydroxylation is 1. The molecule has 2 heterocycles. The number of amides is 1. The zero-order valence-electron chi connectivity index (χ0n) is 12.3. The molecule has 0 unspecified atom stereocenters. The van der Waals surface area contributed by atoms with E-state index in [9.17, 15) is 9.59 Å². The normalized spacial score (nSPS) is 19.4. The van der Waals surface area contributed by atoms with Crippen LogP contribution < -0.4 is 0 Å². The molecule has 1 fully saturated rings. The van der Waals surface area contributed by atoms with E-state index in [1.165, 1.54) is 6.07 Å². The molecule has 1 aromatic rings. The Hall–Kier alpha value is -1.82. The number of hydrogen-bond donors (Lipinski definition) is 1. The van der Waals surface area contributed by atoms with Crippen molar-refractivity contribution in [1.29, 1.82) is 0 Å². The topological polar surface area (TPSA) is 74.0 Å². The average Bonchev–Trinajstić information content (AvgIpc) is 2.72. The largest absolute Gasteiger partial charge is 0.478 e. The fraction of sp³-hybridized carbons (Fsp3) is 0.571. The van der Waals surface area contributed by atoms with Gasteiger partial charge < -0.3 is 14.4 Å². The van der Waals surface area contributed by atoms with E-state index in [2.05, 4.69) is 0 Å². The van der Waals surface area contributed by atoms with Gasteiger partial charge in [0.15, 0.2) is 0 Å². The Morgan fingerprint density at radius 1 is 1.45 bits per heavy atom. The van der Waals surface area contributed by atoms with E-state index in [-0.39, 0.29) is 11.5 Å². The molecule has 0 spiro atoms. The van der Waals surface area contributed by atoms with Crippen molar-refractivity contribution in [3.05, 3.63) is 23.2 Å². The zero-order valence-corrected chi connectivity index (χ0v) is 12.3. The maximum atomic E-state index is 12.2. The first kappa shape index (κ1) is 14.6. The third kappa shape index (κ3) is 2.43. The molecular weight excluding hydrogens is 260 g/mol. The van der Waals surface area contributed by atoms with Gasteiger partial charge in [0, 0.05) is 20.1 Å². The lowest BCUT2D eigenvalue weighted by atomic mass is 9.97. The highest BCUT2D eigenvalue weighted by Crippen LogP contribution is 2.25. The number of aromatic carboxylic acids is 1.